The molecule has 1 aromatic carbocycles. The Kier molecular flexibility index (Phi) is 6.62. The van der Waals surface area contributed by atoms with Gasteiger partial charge in [0.15, 0.2) is 5.69 Å². The number of carbonyl (C=O) groups excluding carboxylic acids is 1. The maximum atomic E-state index is 12.5. The van der Waals surface area contributed by atoms with Crippen LogP contribution < -0.4 is 15.0 Å². The highest BCUT2D eigenvalue weighted by Gasteiger charge is 2.38. The lowest BCUT2D eigenvalue weighted by Crippen LogP contribution is -2.40. The average Bonchev–Trinajstić information content (AvgIpc) is 3.08. The van der Waals surface area contributed by atoms with Gasteiger partial charge in [-0.1, -0.05) is 12.1 Å². The van der Waals surface area contributed by atoms with E-state index in [1.54, 1.807) is 19.1 Å². The van der Waals surface area contributed by atoms with E-state index in [-0.39, 0.29) is 5.91 Å². The fourth-order valence-corrected chi connectivity index (χ4v) is 2.35. The summed E-state index contributed by atoms with van der Waals surface area (Å²) in [5, 5.41) is 17.4. The van der Waals surface area contributed by atoms with E-state index in [1.165, 1.54) is 0 Å². The van der Waals surface area contributed by atoms with Gasteiger partial charge < -0.3 is 20.1 Å². The van der Waals surface area contributed by atoms with Crippen molar-refractivity contribution in [1.82, 2.24) is 15.5 Å². The first-order valence-electron chi connectivity index (χ1n) is 8.12. The van der Waals surface area contributed by atoms with E-state index in [0.29, 0.717) is 17.4 Å². The highest BCUT2D eigenvalue weighted by atomic mass is 19.4. The summed E-state index contributed by atoms with van der Waals surface area (Å²) in [5.41, 5.74) is 2.15. The number of hydrogen-bond acceptors (Lipinski definition) is 5. The topological polar surface area (TPSA) is 108 Å². The molecule has 2 aromatic rings. The Balaban J connectivity index is 0.000000345. The van der Waals surface area contributed by atoms with Gasteiger partial charge in [-0.2, -0.15) is 18.3 Å². The molecular weight excluding hydrogens is 381 g/mol. The van der Waals surface area contributed by atoms with E-state index >= 15 is 0 Å². The van der Waals surface area contributed by atoms with Crippen LogP contribution in [0.25, 0.3) is 0 Å². The molecule has 28 heavy (non-hydrogen) atoms. The number of hydrogen-bond donors (Lipinski definition) is 3. The number of carboxylic acids is 1. The van der Waals surface area contributed by atoms with Crippen LogP contribution >= 0.6 is 0 Å². The Hall–Kier alpha value is -3.08. The van der Waals surface area contributed by atoms with Gasteiger partial charge in [0.25, 0.3) is 5.91 Å². The molecule has 3 N–H and O–H groups in total. The molecule has 0 bridgehead atoms. The van der Waals surface area contributed by atoms with Crippen molar-refractivity contribution in [3.05, 3.63) is 41.7 Å². The quantitative estimate of drug-likeness (QED) is 0.725. The summed E-state index contributed by atoms with van der Waals surface area (Å²) in [4.78, 5) is 23.0. The average molecular weight is 400 g/mol. The van der Waals surface area contributed by atoms with Gasteiger partial charge in [-0.3, -0.25) is 9.89 Å². The minimum atomic E-state index is -5.08. The second-order valence-corrected chi connectivity index (χ2v) is 5.90. The van der Waals surface area contributed by atoms with Gasteiger partial charge >= 0.3 is 12.1 Å². The van der Waals surface area contributed by atoms with Crippen LogP contribution in [0.4, 0.5) is 18.9 Å². The van der Waals surface area contributed by atoms with Crippen LogP contribution in [0, 0.1) is 0 Å². The second-order valence-electron chi connectivity index (χ2n) is 5.90. The molecule has 2 heterocycles. The predicted octanol–water partition coefficient (Wildman–Crippen LogP) is 2.01. The number of halogens is 3. The largest absolute Gasteiger partial charge is 0.495 e. The summed E-state index contributed by atoms with van der Waals surface area (Å²) in [6.45, 7) is 1.86. The molecule has 1 aliphatic rings. The number of amides is 1. The number of nitrogens with one attached hydrogen (secondary N) is 2. The number of rotatable bonds is 4. The van der Waals surface area contributed by atoms with Crippen LogP contribution in [0.5, 0.6) is 5.75 Å². The number of carbonyl (C=O) groups is 2. The van der Waals surface area contributed by atoms with Crippen molar-refractivity contribution in [2.75, 3.05) is 32.1 Å². The molecule has 0 saturated carbocycles. The van der Waals surface area contributed by atoms with E-state index in [1.807, 2.05) is 30.3 Å². The van der Waals surface area contributed by atoms with Crippen LogP contribution in [0.1, 0.15) is 22.1 Å². The van der Waals surface area contributed by atoms with Crippen molar-refractivity contribution < 1.29 is 32.6 Å². The van der Waals surface area contributed by atoms with E-state index < -0.39 is 12.1 Å². The summed E-state index contributed by atoms with van der Waals surface area (Å²) in [5.74, 6) is -1.83. The van der Waals surface area contributed by atoms with Gasteiger partial charge in [-0.05, 0) is 18.2 Å². The molecular formula is C17H19F3N4O4. The first kappa shape index (κ1) is 21.2. The Bertz CT molecular complexity index is 834. The number of aromatic nitrogens is 2. The van der Waals surface area contributed by atoms with Crippen molar-refractivity contribution in [1.29, 1.82) is 0 Å². The minimum absolute atomic E-state index is 0.158. The van der Waals surface area contributed by atoms with Crippen molar-refractivity contribution in [3.63, 3.8) is 0 Å². The number of nitrogens with zero attached hydrogens (tertiary/aromatic N) is 2. The van der Waals surface area contributed by atoms with Gasteiger partial charge in [0, 0.05) is 31.7 Å². The van der Waals surface area contributed by atoms with Crippen molar-refractivity contribution >= 4 is 17.6 Å². The third kappa shape index (κ3) is 5.00. The number of H-pyrrole nitrogens is 1. The molecule has 0 unspecified atom stereocenters. The number of carboxylic acid groups (broad SMARTS) is 1. The summed E-state index contributed by atoms with van der Waals surface area (Å²) in [7, 11) is 3.31. The Morgan fingerprint density at radius 2 is 1.89 bits per heavy atom. The normalized spacial score (nSPS) is 13.8. The van der Waals surface area contributed by atoms with Gasteiger partial charge in [-0.15, -0.1) is 0 Å². The molecule has 3 rings (SSSR count). The maximum absolute atomic E-state index is 12.5. The van der Waals surface area contributed by atoms with Crippen LogP contribution in [-0.4, -0.2) is 60.6 Å². The van der Waals surface area contributed by atoms with Crippen molar-refractivity contribution in [3.8, 4) is 5.75 Å². The van der Waals surface area contributed by atoms with Crippen molar-refractivity contribution in [2.24, 2.45) is 0 Å². The van der Waals surface area contributed by atoms with Gasteiger partial charge in [0.2, 0.25) is 0 Å². The molecule has 152 valence electrons. The SMILES string of the molecule is COc1ccccc1N(C)C(=O)c1cc(C2CNC2)[nH]n1.O=C(O)C(F)(F)F. The highest BCUT2D eigenvalue weighted by molar-refractivity contribution is 6.05. The Morgan fingerprint density at radius 3 is 2.39 bits per heavy atom. The van der Waals surface area contributed by atoms with Gasteiger partial charge in [-0.25, -0.2) is 4.79 Å². The number of aliphatic carboxylic acids is 1. The standard InChI is InChI=1S/C15H18N4O2.C2HF3O2/c1-19(13-5-3-4-6-14(13)21-2)15(20)12-7-11(17-18-12)10-8-16-9-10;3-2(4,5)1(6)7/h3-7,10,16H,8-9H2,1-2H3,(H,17,18);(H,6,7). The van der Waals surface area contributed by atoms with E-state index in [9.17, 15) is 18.0 Å². The molecule has 0 radical (unpaired) electrons. The number of para-hydroxylation sites is 2. The summed E-state index contributed by atoms with van der Waals surface area (Å²) >= 11 is 0. The van der Waals surface area contributed by atoms with Gasteiger partial charge in [0.1, 0.15) is 5.75 Å². The third-order valence-electron chi connectivity index (χ3n) is 4.03. The molecule has 1 aromatic heterocycles. The molecule has 0 spiro atoms. The first-order valence-corrected chi connectivity index (χ1v) is 8.12. The fourth-order valence-electron chi connectivity index (χ4n) is 2.35. The number of anilines is 1. The lowest BCUT2D eigenvalue weighted by atomic mass is 9.99. The lowest BCUT2D eigenvalue weighted by molar-refractivity contribution is -0.192. The van der Waals surface area contributed by atoms with Crippen LogP contribution in [0.3, 0.4) is 0 Å². The summed E-state index contributed by atoms with van der Waals surface area (Å²) < 4.78 is 37.0. The van der Waals surface area contributed by atoms with Crippen LogP contribution in [-0.2, 0) is 4.79 Å². The predicted molar refractivity (Wildman–Crippen MR) is 93.6 cm³/mol. The third-order valence-corrected chi connectivity index (χ3v) is 4.03. The maximum Gasteiger partial charge on any atom is 0.490 e. The minimum Gasteiger partial charge on any atom is -0.495 e. The molecule has 1 saturated heterocycles. The molecule has 0 aliphatic carbocycles. The summed E-state index contributed by atoms with van der Waals surface area (Å²) in [6.07, 6.45) is -5.08. The Labute approximate surface area is 158 Å². The second kappa shape index (κ2) is 8.74. The number of alkyl halides is 3. The lowest BCUT2D eigenvalue weighted by Gasteiger charge is -2.25. The smallest absolute Gasteiger partial charge is 0.490 e. The number of methoxy groups -OCH3 is 1. The van der Waals surface area contributed by atoms with E-state index in [4.69, 9.17) is 14.6 Å². The highest BCUT2D eigenvalue weighted by Crippen LogP contribution is 2.28. The molecule has 8 nitrogen and oxygen atoms in total. The molecule has 11 heteroatoms. The molecule has 1 amide bonds. The zero-order valence-electron chi connectivity index (χ0n) is 15.1. The van der Waals surface area contributed by atoms with E-state index in [0.717, 1.165) is 24.5 Å². The zero-order chi connectivity index (χ0) is 20.9. The van der Waals surface area contributed by atoms with Crippen LogP contribution in [0.15, 0.2) is 30.3 Å². The monoisotopic (exact) mass is 400 g/mol. The van der Waals surface area contributed by atoms with E-state index in [2.05, 4.69) is 15.5 Å². The van der Waals surface area contributed by atoms with Crippen molar-refractivity contribution in [2.45, 2.75) is 12.1 Å². The fraction of sp³-hybridized carbons (Fsp3) is 0.353. The first-order chi connectivity index (χ1) is 13.1. The molecule has 1 aliphatic heterocycles. The van der Waals surface area contributed by atoms with Gasteiger partial charge in [0.05, 0.1) is 12.8 Å². The number of ether oxygens (including phenoxy) is 1. The summed E-state index contributed by atoms with van der Waals surface area (Å²) in [6, 6.07) is 9.25. The Morgan fingerprint density at radius 1 is 1.29 bits per heavy atom. The number of benzene rings is 1. The molecule has 1 fully saturated rings. The van der Waals surface area contributed by atoms with Crippen LogP contribution in [0.2, 0.25) is 0 Å². The zero-order valence-corrected chi connectivity index (χ0v) is 15.1. The molecule has 0 atom stereocenters. The number of aromatic amines is 1.